The average molecular weight is 234 g/mol. The number of rotatable bonds is 3. The number of allylic oxidation sites excluding steroid dienone is 1. The molecule has 0 radical (unpaired) electrons. The van der Waals surface area contributed by atoms with Gasteiger partial charge in [0.1, 0.15) is 0 Å². The van der Waals surface area contributed by atoms with Gasteiger partial charge in [0.15, 0.2) is 5.78 Å². The van der Waals surface area contributed by atoms with Crippen molar-refractivity contribution in [1.29, 1.82) is 0 Å². The van der Waals surface area contributed by atoms with E-state index in [0.717, 1.165) is 23.5 Å². The van der Waals surface area contributed by atoms with Crippen LogP contribution in [0.2, 0.25) is 0 Å². The summed E-state index contributed by atoms with van der Waals surface area (Å²) < 4.78 is 0. The number of hydrogen-bond acceptors (Lipinski definition) is 3. The summed E-state index contributed by atoms with van der Waals surface area (Å²) in [6.07, 6.45) is 4.66. The van der Waals surface area contributed by atoms with Crippen LogP contribution in [0.15, 0.2) is 24.4 Å². The maximum Gasteiger partial charge on any atom is 0.198 e. The fourth-order valence-corrected chi connectivity index (χ4v) is 1.82. The van der Waals surface area contributed by atoms with Crippen molar-refractivity contribution in [3.05, 3.63) is 35.8 Å². The van der Waals surface area contributed by atoms with Crippen LogP contribution in [0.4, 0.5) is 0 Å². The zero-order valence-electron chi connectivity index (χ0n) is 9.19. The van der Waals surface area contributed by atoms with E-state index in [0.29, 0.717) is 12.2 Å². The predicted molar refractivity (Wildman–Crippen MR) is 67.8 cm³/mol. The summed E-state index contributed by atoms with van der Waals surface area (Å²) in [5.74, 6) is 0.116. The number of aromatic amines is 1. The second-order valence-corrected chi connectivity index (χ2v) is 4.51. The third-order valence-corrected chi connectivity index (χ3v) is 2.94. The molecule has 1 aliphatic heterocycles. The Kier molecular flexibility index (Phi) is 3.19. The summed E-state index contributed by atoms with van der Waals surface area (Å²) in [5, 5.41) is 0. The highest BCUT2D eigenvalue weighted by atomic mass is 32.1. The van der Waals surface area contributed by atoms with Gasteiger partial charge in [0, 0.05) is 29.7 Å². The Hall–Kier alpha value is -1.42. The molecule has 1 aromatic rings. The van der Waals surface area contributed by atoms with Gasteiger partial charge in [-0.2, -0.15) is 0 Å². The Labute approximate surface area is 100 Å². The van der Waals surface area contributed by atoms with Crippen LogP contribution in [-0.2, 0) is 0 Å². The number of ketones is 1. The fourth-order valence-electron chi connectivity index (χ4n) is 1.67. The molecule has 0 aromatic carbocycles. The molecular weight excluding hydrogens is 220 g/mol. The van der Waals surface area contributed by atoms with Crippen LogP contribution in [0, 0.1) is 6.92 Å². The number of Topliss-reactive ketones (excluding diaryl/α,β-unsaturated/α-hetero) is 1. The van der Waals surface area contributed by atoms with Crippen LogP contribution in [0.3, 0.4) is 0 Å². The minimum Gasteiger partial charge on any atom is -0.369 e. The van der Waals surface area contributed by atoms with Crippen molar-refractivity contribution in [2.45, 2.75) is 13.3 Å². The lowest BCUT2D eigenvalue weighted by molar-refractivity contribution is 0.0951. The highest BCUT2D eigenvalue weighted by Crippen LogP contribution is 2.07. The van der Waals surface area contributed by atoms with Gasteiger partial charge in [-0.25, -0.2) is 0 Å². The van der Waals surface area contributed by atoms with E-state index in [1.54, 1.807) is 0 Å². The molecule has 2 heterocycles. The molecule has 0 fully saturated rings. The van der Waals surface area contributed by atoms with Gasteiger partial charge in [-0.05, 0) is 25.1 Å². The third-order valence-electron chi connectivity index (χ3n) is 2.60. The van der Waals surface area contributed by atoms with Crippen LogP contribution in [-0.4, -0.2) is 33.6 Å². The molecule has 84 valence electrons. The molecule has 0 aliphatic carbocycles. The predicted octanol–water partition coefficient (Wildman–Crippen LogP) is 2.10. The average Bonchev–Trinajstić information content (AvgIpc) is 2.68. The quantitative estimate of drug-likeness (QED) is 0.642. The number of hydrogen-bond donors (Lipinski definition) is 1. The Balaban J connectivity index is 1.98. The standard InChI is InChI=1S/C12H14N2OS/c1-9-2-3-11(13-9)12(15)8-14-6-4-10(16)5-7-14/h2-4,6,13H,5,7-8H2,1H3. The normalized spacial score (nSPS) is 15.6. The minimum absolute atomic E-state index is 0.116. The Morgan fingerprint density at radius 3 is 2.94 bits per heavy atom. The lowest BCUT2D eigenvalue weighted by Gasteiger charge is -2.22. The molecule has 3 nitrogen and oxygen atoms in total. The number of carbonyl (C=O) groups is 1. The van der Waals surface area contributed by atoms with Crippen LogP contribution in [0.25, 0.3) is 0 Å². The Morgan fingerprint density at radius 1 is 1.56 bits per heavy atom. The molecule has 2 rings (SSSR count). The zero-order chi connectivity index (χ0) is 11.5. The van der Waals surface area contributed by atoms with E-state index in [4.69, 9.17) is 12.2 Å². The first-order valence-electron chi connectivity index (χ1n) is 5.29. The van der Waals surface area contributed by atoms with Crippen molar-refractivity contribution in [3.63, 3.8) is 0 Å². The van der Waals surface area contributed by atoms with Gasteiger partial charge in [-0.1, -0.05) is 12.2 Å². The molecule has 0 saturated heterocycles. The first kappa shape index (κ1) is 11.1. The van der Waals surface area contributed by atoms with Crippen molar-refractivity contribution in [1.82, 2.24) is 9.88 Å². The summed E-state index contributed by atoms with van der Waals surface area (Å²) >= 11 is 5.06. The van der Waals surface area contributed by atoms with E-state index in [1.165, 1.54) is 0 Å². The SMILES string of the molecule is Cc1ccc(C(=O)CN2C=CC(=S)CC2)[nH]1. The number of carbonyl (C=O) groups excluding carboxylic acids is 1. The van der Waals surface area contributed by atoms with Crippen molar-refractivity contribution in [2.75, 3.05) is 13.1 Å². The maximum absolute atomic E-state index is 11.9. The van der Waals surface area contributed by atoms with E-state index in [9.17, 15) is 4.79 Å². The van der Waals surface area contributed by atoms with E-state index in [2.05, 4.69) is 4.98 Å². The number of thiocarbonyl (C=S) groups is 1. The Morgan fingerprint density at radius 2 is 2.38 bits per heavy atom. The molecule has 1 aromatic heterocycles. The summed E-state index contributed by atoms with van der Waals surface area (Å²) in [4.78, 5) is 17.9. The topological polar surface area (TPSA) is 36.1 Å². The summed E-state index contributed by atoms with van der Waals surface area (Å²) in [6, 6.07) is 3.74. The van der Waals surface area contributed by atoms with Crippen LogP contribution >= 0.6 is 12.2 Å². The van der Waals surface area contributed by atoms with E-state index >= 15 is 0 Å². The van der Waals surface area contributed by atoms with Gasteiger partial charge >= 0.3 is 0 Å². The third kappa shape index (κ3) is 2.58. The van der Waals surface area contributed by atoms with Gasteiger partial charge in [0.25, 0.3) is 0 Å². The summed E-state index contributed by atoms with van der Waals surface area (Å²) in [7, 11) is 0. The first-order chi connectivity index (χ1) is 7.65. The zero-order valence-corrected chi connectivity index (χ0v) is 10.0. The first-order valence-corrected chi connectivity index (χ1v) is 5.70. The minimum atomic E-state index is 0.116. The van der Waals surface area contributed by atoms with E-state index in [-0.39, 0.29) is 5.78 Å². The monoisotopic (exact) mass is 234 g/mol. The number of nitrogens with one attached hydrogen (secondary N) is 1. The highest BCUT2D eigenvalue weighted by molar-refractivity contribution is 7.80. The van der Waals surface area contributed by atoms with Crippen LogP contribution in [0.5, 0.6) is 0 Å². The molecule has 4 heteroatoms. The largest absolute Gasteiger partial charge is 0.369 e. The Bertz CT molecular complexity index is 448. The number of aryl methyl sites for hydroxylation is 1. The second kappa shape index (κ2) is 4.61. The van der Waals surface area contributed by atoms with Gasteiger partial charge in [-0.15, -0.1) is 0 Å². The molecule has 16 heavy (non-hydrogen) atoms. The van der Waals surface area contributed by atoms with E-state index in [1.807, 2.05) is 36.2 Å². The summed E-state index contributed by atoms with van der Waals surface area (Å²) in [5.41, 5.74) is 1.69. The van der Waals surface area contributed by atoms with Crippen molar-refractivity contribution in [2.24, 2.45) is 0 Å². The molecular formula is C12H14N2OS. The number of H-pyrrole nitrogens is 1. The second-order valence-electron chi connectivity index (χ2n) is 3.98. The highest BCUT2D eigenvalue weighted by Gasteiger charge is 2.13. The van der Waals surface area contributed by atoms with Crippen molar-refractivity contribution < 1.29 is 4.79 Å². The van der Waals surface area contributed by atoms with E-state index < -0.39 is 0 Å². The van der Waals surface area contributed by atoms with Crippen LogP contribution in [0.1, 0.15) is 22.6 Å². The number of aromatic nitrogens is 1. The summed E-state index contributed by atoms with van der Waals surface area (Å²) in [6.45, 7) is 3.19. The van der Waals surface area contributed by atoms with Crippen molar-refractivity contribution in [3.8, 4) is 0 Å². The molecule has 0 bridgehead atoms. The number of nitrogens with zero attached hydrogens (tertiary/aromatic N) is 1. The molecule has 1 aliphatic rings. The van der Waals surface area contributed by atoms with Gasteiger partial charge in [-0.3, -0.25) is 4.79 Å². The molecule has 0 atom stereocenters. The lowest BCUT2D eigenvalue weighted by Crippen LogP contribution is -2.29. The van der Waals surface area contributed by atoms with Gasteiger partial charge in [0.05, 0.1) is 12.2 Å². The molecule has 0 saturated carbocycles. The van der Waals surface area contributed by atoms with Crippen LogP contribution < -0.4 is 0 Å². The lowest BCUT2D eigenvalue weighted by atomic mass is 10.2. The van der Waals surface area contributed by atoms with Gasteiger partial charge < -0.3 is 9.88 Å². The van der Waals surface area contributed by atoms with Gasteiger partial charge in [0.2, 0.25) is 0 Å². The molecule has 0 spiro atoms. The van der Waals surface area contributed by atoms with Crippen molar-refractivity contribution >= 4 is 22.9 Å². The molecule has 0 unspecified atom stereocenters. The fraction of sp³-hybridized carbons (Fsp3) is 0.333. The maximum atomic E-state index is 11.9. The molecule has 1 N–H and O–H groups in total. The molecule has 0 amide bonds. The smallest absolute Gasteiger partial charge is 0.198 e.